The molecule has 74 valence electrons. The maximum Gasteiger partial charge on any atom is 0.112 e. The summed E-state index contributed by atoms with van der Waals surface area (Å²) in [6.07, 6.45) is 0. The molecule has 0 saturated carbocycles. The minimum atomic E-state index is -0.0265. The van der Waals surface area contributed by atoms with Gasteiger partial charge in [0.25, 0.3) is 0 Å². The second-order valence-electron chi connectivity index (χ2n) is 3.56. The SMILES string of the molecule is Cc1cc2[nH]c(Cl)c(CO)c2cc1C. The van der Waals surface area contributed by atoms with E-state index in [9.17, 15) is 0 Å². The molecule has 1 aromatic heterocycles. The summed E-state index contributed by atoms with van der Waals surface area (Å²) in [5.41, 5.74) is 4.20. The van der Waals surface area contributed by atoms with Gasteiger partial charge in [0.2, 0.25) is 0 Å². The summed E-state index contributed by atoms with van der Waals surface area (Å²) < 4.78 is 0. The molecule has 3 heteroatoms. The van der Waals surface area contributed by atoms with E-state index < -0.39 is 0 Å². The van der Waals surface area contributed by atoms with Gasteiger partial charge in [-0.15, -0.1) is 0 Å². The van der Waals surface area contributed by atoms with Crippen molar-refractivity contribution in [3.8, 4) is 0 Å². The summed E-state index contributed by atoms with van der Waals surface area (Å²) in [5.74, 6) is 0. The van der Waals surface area contributed by atoms with Crippen LogP contribution in [0, 0.1) is 13.8 Å². The number of hydrogen-bond donors (Lipinski definition) is 2. The lowest BCUT2D eigenvalue weighted by molar-refractivity contribution is 0.283. The Morgan fingerprint density at radius 2 is 1.93 bits per heavy atom. The van der Waals surface area contributed by atoms with Crippen LogP contribution >= 0.6 is 11.6 Å². The highest BCUT2D eigenvalue weighted by atomic mass is 35.5. The third-order valence-electron chi connectivity index (χ3n) is 2.63. The molecule has 1 aromatic carbocycles. The molecule has 0 aliphatic heterocycles. The molecule has 0 unspecified atom stereocenters. The van der Waals surface area contributed by atoms with Crippen LogP contribution in [0.1, 0.15) is 16.7 Å². The van der Waals surface area contributed by atoms with Crippen LogP contribution in [0.4, 0.5) is 0 Å². The van der Waals surface area contributed by atoms with Gasteiger partial charge >= 0.3 is 0 Å². The lowest BCUT2D eigenvalue weighted by Gasteiger charge is -2.00. The average molecular weight is 210 g/mol. The van der Waals surface area contributed by atoms with Gasteiger partial charge in [-0.2, -0.15) is 0 Å². The van der Waals surface area contributed by atoms with Crippen molar-refractivity contribution in [3.63, 3.8) is 0 Å². The van der Waals surface area contributed by atoms with E-state index in [-0.39, 0.29) is 6.61 Å². The Kier molecular flexibility index (Phi) is 2.25. The van der Waals surface area contributed by atoms with Crippen LogP contribution in [0.2, 0.25) is 5.15 Å². The number of halogens is 1. The first-order valence-corrected chi connectivity index (χ1v) is 4.89. The highest BCUT2D eigenvalue weighted by Gasteiger charge is 2.09. The fourth-order valence-electron chi connectivity index (χ4n) is 1.64. The third kappa shape index (κ3) is 1.31. The van der Waals surface area contributed by atoms with Crippen molar-refractivity contribution in [1.29, 1.82) is 0 Å². The zero-order valence-corrected chi connectivity index (χ0v) is 8.94. The minimum absolute atomic E-state index is 0.0265. The lowest BCUT2D eigenvalue weighted by Crippen LogP contribution is -1.83. The summed E-state index contributed by atoms with van der Waals surface area (Å²) in [4.78, 5) is 3.05. The van der Waals surface area contributed by atoms with Gasteiger partial charge in [-0.3, -0.25) is 0 Å². The molecule has 0 fully saturated rings. The van der Waals surface area contributed by atoms with Crippen molar-refractivity contribution < 1.29 is 5.11 Å². The molecule has 0 aliphatic carbocycles. The monoisotopic (exact) mass is 209 g/mol. The Morgan fingerprint density at radius 1 is 1.29 bits per heavy atom. The van der Waals surface area contributed by atoms with Crippen molar-refractivity contribution >= 4 is 22.5 Å². The van der Waals surface area contributed by atoms with E-state index in [1.54, 1.807) is 0 Å². The normalized spacial score (nSPS) is 11.1. The van der Waals surface area contributed by atoms with Gasteiger partial charge in [0.15, 0.2) is 0 Å². The number of nitrogens with one attached hydrogen (secondary N) is 1. The van der Waals surface area contributed by atoms with E-state index in [1.165, 1.54) is 11.1 Å². The molecule has 2 rings (SSSR count). The van der Waals surface area contributed by atoms with Crippen LogP contribution in [-0.2, 0) is 6.61 Å². The second kappa shape index (κ2) is 3.30. The summed E-state index contributed by atoms with van der Waals surface area (Å²) in [7, 11) is 0. The number of rotatable bonds is 1. The molecule has 0 spiro atoms. The second-order valence-corrected chi connectivity index (χ2v) is 3.94. The number of fused-ring (bicyclic) bond motifs is 1. The van der Waals surface area contributed by atoms with E-state index in [1.807, 2.05) is 0 Å². The van der Waals surface area contributed by atoms with Crippen LogP contribution in [-0.4, -0.2) is 10.1 Å². The predicted molar refractivity (Wildman–Crippen MR) is 58.7 cm³/mol. The van der Waals surface area contributed by atoms with Gasteiger partial charge in [-0.1, -0.05) is 11.6 Å². The zero-order chi connectivity index (χ0) is 10.3. The Labute approximate surface area is 87.5 Å². The number of H-pyrrole nitrogens is 1. The molecule has 0 amide bonds. The van der Waals surface area contributed by atoms with Crippen LogP contribution < -0.4 is 0 Å². The number of aliphatic hydroxyl groups is 1. The first-order chi connectivity index (χ1) is 6.63. The largest absolute Gasteiger partial charge is 0.392 e. The molecule has 2 N–H and O–H groups in total. The molecule has 2 nitrogen and oxygen atoms in total. The number of aryl methyl sites for hydroxylation is 2. The molecular weight excluding hydrogens is 198 g/mol. The fraction of sp³-hybridized carbons (Fsp3) is 0.273. The zero-order valence-electron chi connectivity index (χ0n) is 8.19. The minimum Gasteiger partial charge on any atom is -0.392 e. The van der Waals surface area contributed by atoms with Gasteiger partial charge in [-0.25, -0.2) is 0 Å². The molecule has 0 radical (unpaired) electrons. The van der Waals surface area contributed by atoms with Crippen LogP contribution in [0.5, 0.6) is 0 Å². The van der Waals surface area contributed by atoms with Crippen molar-refractivity contribution in [2.45, 2.75) is 20.5 Å². The molecule has 0 atom stereocenters. The molecule has 0 bridgehead atoms. The Morgan fingerprint density at radius 3 is 2.57 bits per heavy atom. The van der Waals surface area contributed by atoms with E-state index in [0.29, 0.717) is 5.15 Å². The van der Waals surface area contributed by atoms with Crippen molar-refractivity contribution in [2.75, 3.05) is 0 Å². The van der Waals surface area contributed by atoms with E-state index in [4.69, 9.17) is 16.7 Å². The molecule has 1 heterocycles. The molecule has 0 saturated heterocycles. The lowest BCUT2D eigenvalue weighted by atomic mass is 10.1. The Balaban J connectivity index is 2.82. The average Bonchev–Trinajstić information content (AvgIpc) is 2.42. The van der Waals surface area contributed by atoms with Gasteiger partial charge in [0.1, 0.15) is 5.15 Å². The highest BCUT2D eigenvalue weighted by molar-refractivity contribution is 6.31. The molecule has 2 aromatic rings. The summed E-state index contributed by atoms with van der Waals surface area (Å²) >= 11 is 5.96. The van der Waals surface area contributed by atoms with Crippen molar-refractivity contribution in [3.05, 3.63) is 34.0 Å². The van der Waals surface area contributed by atoms with Crippen molar-refractivity contribution in [2.24, 2.45) is 0 Å². The van der Waals surface area contributed by atoms with E-state index in [0.717, 1.165) is 16.5 Å². The maximum atomic E-state index is 9.16. The van der Waals surface area contributed by atoms with Crippen LogP contribution in [0.15, 0.2) is 12.1 Å². The topological polar surface area (TPSA) is 36.0 Å². The van der Waals surface area contributed by atoms with E-state index in [2.05, 4.69) is 31.0 Å². The first kappa shape index (κ1) is 9.56. The Bertz CT molecular complexity index is 487. The van der Waals surface area contributed by atoms with Gasteiger partial charge < -0.3 is 10.1 Å². The predicted octanol–water partition coefficient (Wildman–Crippen LogP) is 2.93. The molecule has 14 heavy (non-hydrogen) atoms. The van der Waals surface area contributed by atoms with Gasteiger partial charge in [-0.05, 0) is 37.1 Å². The molecule has 0 aliphatic rings. The third-order valence-corrected chi connectivity index (χ3v) is 2.95. The number of aromatic nitrogens is 1. The fourth-order valence-corrected chi connectivity index (χ4v) is 1.90. The van der Waals surface area contributed by atoms with Crippen LogP contribution in [0.25, 0.3) is 10.9 Å². The quantitative estimate of drug-likeness (QED) is 0.745. The molecular formula is C11H12ClNO. The number of benzene rings is 1. The number of hydrogen-bond acceptors (Lipinski definition) is 1. The van der Waals surface area contributed by atoms with Crippen LogP contribution in [0.3, 0.4) is 0 Å². The summed E-state index contributed by atoms with van der Waals surface area (Å²) in [6, 6.07) is 4.11. The van der Waals surface area contributed by atoms with E-state index >= 15 is 0 Å². The summed E-state index contributed by atoms with van der Waals surface area (Å²) in [6.45, 7) is 4.08. The summed E-state index contributed by atoms with van der Waals surface area (Å²) in [5, 5.41) is 10.7. The Hall–Kier alpha value is -0.990. The first-order valence-electron chi connectivity index (χ1n) is 4.51. The van der Waals surface area contributed by atoms with Gasteiger partial charge in [0.05, 0.1) is 6.61 Å². The smallest absolute Gasteiger partial charge is 0.112 e. The standard InChI is InChI=1S/C11H12ClNO/c1-6-3-8-9(5-14)11(12)13-10(8)4-7(6)2/h3-4,13-14H,5H2,1-2H3. The number of aliphatic hydroxyl groups excluding tert-OH is 1. The highest BCUT2D eigenvalue weighted by Crippen LogP contribution is 2.28. The van der Waals surface area contributed by atoms with Gasteiger partial charge in [0, 0.05) is 16.5 Å². The van der Waals surface area contributed by atoms with Crippen molar-refractivity contribution in [1.82, 2.24) is 4.98 Å². The number of aromatic amines is 1. The maximum absolute atomic E-state index is 9.16.